The van der Waals surface area contributed by atoms with E-state index < -0.39 is 5.60 Å². The van der Waals surface area contributed by atoms with Crippen LogP contribution in [0.25, 0.3) is 10.8 Å². The van der Waals surface area contributed by atoms with Crippen LogP contribution in [-0.2, 0) is 37.7 Å². The molecule has 0 aliphatic rings. The molecule has 1 atom stereocenters. The van der Waals surface area contributed by atoms with Gasteiger partial charge in [0.2, 0.25) is 0 Å². The summed E-state index contributed by atoms with van der Waals surface area (Å²) in [4.78, 5) is 24.8. The highest BCUT2D eigenvalue weighted by molar-refractivity contribution is 5.89. The molecule has 0 aliphatic carbocycles. The zero-order chi connectivity index (χ0) is 23.3. The molecule has 3 rings (SSSR count). The predicted molar refractivity (Wildman–Crippen MR) is 127 cm³/mol. The third kappa shape index (κ3) is 5.56. The summed E-state index contributed by atoms with van der Waals surface area (Å²) in [5, 5.41) is 2.10. The SMILES string of the molecule is CC(C)C(=O)OCc1cccc2c(CC(C)C(=O)OC(C)(C)c3ccccc3)cccc12. The number of hydrogen-bond acceptors (Lipinski definition) is 4. The number of fused-ring (bicyclic) bond motifs is 1. The first kappa shape index (κ1) is 23.5. The predicted octanol–water partition coefficient (Wildman–Crippen LogP) is 6.20. The van der Waals surface area contributed by atoms with Gasteiger partial charge in [0.05, 0.1) is 11.8 Å². The molecule has 0 spiro atoms. The summed E-state index contributed by atoms with van der Waals surface area (Å²) in [7, 11) is 0. The molecule has 0 radical (unpaired) electrons. The molecule has 3 aromatic rings. The summed E-state index contributed by atoms with van der Waals surface area (Å²) < 4.78 is 11.3. The zero-order valence-corrected chi connectivity index (χ0v) is 19.6. The Balaban J connectivity index is 1.76. The van der Waals surface area contributed by atoms with Crippen molar-refractivity contribution in [1.29, 1.82) is 0 Å². The van der Waals surface area contributed by atoms with E-state index in [1.807, 2.05) is 101 Å². The van der Waals surface area contributed by atoms with Crippen molar-refractivity contribution in [2.24, 2.45) is 11.8 Å². The quantitative estimate of drug-likeness (QED) is 0.398. The Kier molecular flexibility index (Phi) is 7.34. The molecule has 4 nitrogen and oxygen atoms in total. The van der Waals surface area contributed by atoms with Crippen molar-refractivity contribution < 1.29 is 19.1 Å². The number of ether oxygens (including phenoxy) is 2. The average molecular weight is 433 g/mol. The second kappa shape index (κ2) is 9.99. The fraction of sp³-hybridized carbons (Fsp3) is 0.357. The Bertz CT molecular complexity index is 1080. The maximum Gasteiger partial charge on any atom is 0.309 e. The molecule has 1 unspecified atom stereocenters. The molecular weight excluding hydrogens is 400 g/mol. The molecule has 0 amide bonds. The van der Waals surface area contributed by atoms with Gasteiger partial charge in [0.25, 0.3) is 0 Å². The lowest BCUT2D eigenvalue weighted by Crippen LogP contribution is -2.29. The Labute approximate surface area is 190 Å². The number of hydrogen-bond donors (Lipinski definition) is 0. The van der Waals surface area contributed by atoms with Crippen LogP contribution in [0.3, 0.4) is 0 Å². The summed E-state index contributed by atoms with van der Waals surface area (Å²) in [6.07, 6.45) is 0.566. The molecule has 4 heteroatoms. The van der Waals surface area contributed by atoms with Gasteiger partial charge in [-0.15, -0.1) is 0 Å². The van der Waals surface area contributed by atoms with Crippen molar-refractivity contribution in [3.8, 4) is 0 Å². The molecule has 168 valence electrons. The van der Waals surface area contributed by atoms with Crippen LogP contribution in [0.4, 0.5) is 0 Å². The van der Waals surface area contributed by atoms with E-state index in [-0.39, 0.29) is 30.4 Å². The van der Waals surface area contributed by atoms with Crippen molar-refractivity contribution in [3.63, 3.8) is 0 Å². The summed E-state index contributed by atoms with van der Waals surface area (Å²) >= 11 is 0. The van der Waals surface area contributed by atoms with Crippen molar-refractivity contribution in [2.45, 2.75) is 53.2 Å². The Morgan fingerprint density at radius 3 is 2.00 bits per heavy atom. The molecule has 0 heterocycles. The van der Waals surface area contributed by atoms with Crippen LogP contribution < -0.4 is 0 Å². The minimum absolute atomic E-state index is 0.160. The summed E-state index contributed by atoms with van der Waals surface area (Å²) in [6, 6.07) is 21.8. The number of esters is 2. The van der Waals surface area contributed by atoms with Crippen LogP contribution in [-0.4, -0.2) is 11.9 Å². The summed E-state index contributed by atoms with van der Waals surface area (Å²) in [5.41, 5.74) is 2.30. The van der Waals surface area contributed by atoms with Crippen LogP contribution >= 0.6 is 0 Å². The van der Waals surface area contributed by atoms with Gasteiger partial charge in [0.15, 0.2) is 0 Å². The molecule has 0 bridgehead atoms. The first-order valence-electron chi connectivity index (χ1n) is 11.1. The van der Waals surface area contributed by atoms with Crippen LogP contribution in [0.2, 0.25) is 0 Å². The van der Waals surface area contributed by atoms with E-state index >= 15 is 0 Å². The Hall–Kier alpha value is -3.14. The minimum Gasteiger partial charge on any atom is -0.461 e. The van der Waals surface area contributed by atoms with Gasteiger partial charge in [-0.3, -0.25) is 9.59 Å². The van der Waals surface area contributed by atoms with E-state index in [0.29, 0.717) is 6.42 Å². The van der Waals surface area contributed by atoms with Crippen LogP contribution in [0.1, 0.15) is 51.3 Å². The molecular formula is C28H32O4. The van der Waals surface area contributed by atoms with E-state index in [1.165, 1.54) is 0 Å². The Morgan fingerprint density at radius 1 is 0.781 bits per heavy atom. The number of carbonyl (C=O) groups is 2. The second-order valence-electron chi connectivity index (χ2n) is 9.09. The van der Waals surface area contributed by atoms with Crippen molar-refractivity contribution in [2.75, 3.05) is 0 Å². The standard InChI is InChI=1S/C28H32O4/c1-19(2)26(29)31-18-22-12-10-15-24-21(11-9-16-25(22)24)17-20(3)27(30)32-28(4,5)23-13-7-6-8-14-23/h6-16,19-20H,17-18H2,1-5H3. The van der Waals surface area contributed by atoms with Gasteiger partial charge in [-0.2, -0.15) is 0 Å². The van der Waals surface area contributed by atoms with Crippen LogP contribution in [0, 0.1) is 11.8 Å². The number of carbonyl (C=O) groups excluding carboxylic acids is 2. The van der Waals surface area contributed by atoms with E-state index in [2.05, 4.69) is 0 Å². The lowest BCUT2D eigenvalue weighted by molar-refractivity contribution is -0.162. The van der Waals surface area contributed by atoms with Gasteiger partial charge < -0.3 is 9.47 Å². The minimum atomic E-state index is -0.696. The van der Waals surface area contributed by atoms with Crippen LogP contribution in [0.5, 0.6) is 0 Å². The van der Waals surface area contributed by atoms with Crippen LogP contribution in [0.15, 0.2) is 66.7 Å². The molecule has 0 saturated heterocycles. The Morgan fingerprint density at radius 2 is 1.38 bits per heavy atom. The molecule has 32 heavy (non-hydrogen) atoms. The fourth-order valence-corrected chi connectivity index (χ4v) is 3.72. The van der Waals surface area contributed by atoms with Gasteiger partial charge in [-0.1, -0.05) is 87.5 Å². The van der Waals surface area contributed by atoms with Crippen molar-refractivity contribution >= 4 is 22.7 Å². The molecule has 0 N–H and O–H groups in total. The van der Waals surface area contributed by atoms with Gasteiger partial charge in [-0.25, -0.2) is 0 Å². The maximum atomic E-state index is 12.9. The normalized spacial score (nSPS) is 12.6. The smallest absolute Gasteiger partial charge is 0.309 e. The summed E-state index contributed by atoms with van der Waals surface area (Å²) in [6.45, 7) is 9.61. The van der Waals surface area contributed by atoms with Crippen molar-refractivity contribution in [1.82, 2.24) is 0 Å². The van der Waals surface area contributed by atoms with Crippen molar-refractivity contribution in [3.05, 3.63) is 83.4 Å². The molecule has 0 aliphatic heterocycles. The highest BCUT2D eigenvalue weighted by atomic mass is 16.6. The fourth-order valence-electron chi connectivity index (χ4n) is 3.72. The van der Waals surface area contributed by atoms with Gasteiger partial charge in [0, 0.05) is 0 Å². The topological polar surface area (TPSA) is 52.6 Å². The average Bonchev–Trinajstić information content (AvgIpc) is 2.77. The molecule has 3 aromatic carbocycles. The highest BCUT2D eigenvalue weighted by Crippen LogP contribution is 2.28. The largest absolute Gasteiger partial charge is 0.461 e. The first-order chi connectivity index (χ1) is 15.2. The second-order valence-corrected chi connectivity index (χ2v) is 9.09. The van der Waals surface area contributed by atoms with E-state index in [0.717, 1.165) is 27.5 Å². The zero-order valence-electron chi connectivity index (χ0n) is 19.6. The third-order valence-electron chi connectivity index (χ3n) is 5.70. The third-order valence-corrected chi connectivity index (χ3v) is 5.70. The lowest BCUT2D eigenvalue weighted by atomic mass is 9.93. The first-order valence-corrected chi connectivity index (χ1v) is 11.1. The van der Waals surface area contributed by atoms with E-state index in [9.17, 15) is 9.59 Å². The number of benzene rings is 3. The highest BCUT2D eigenvalue weighted by Gasteiger charge is 2.28. The maximum absolute atomic E-state index is 12.9. The molecule has 0 fully saturated rings. The van der Waals surface area contributed by atoms with Gasteiger partial charge in [0.1, 0.15) is 12.2 Å². The van der Waals surface area contributed by atoms with Gasteiger partial charge >= 0.3 is 11.9 Å². The summed E-state index contributed by atoms with van der Waals surface area (Å²) in [5.74, 6) is -0.896. The molecule has 0 aromatic heterocycles. The molecule has 0 saturated carbocycles. The van der Waals surface area contributed by atoms with E-state index in [4.69, 9.17) is 9.47 Å². The monoisotopic (exact) mass is 432 g/mol. The lowest BCUT2D eigenvalue weighted by Gasteiger charge is -2.27. The number of rotatable bonds is 8. The van der Waals surface area contributed by atoms with E-state index in [1.54, 1.807) is 0 Å². The van der Waals surface area contributed by atoms with Gasteiger partial charge in [-0.05, 0) is 47.7 Å².